The Morgan fingerprint density at radius 3 is 2.59 bits per heavy atom. The van der Waals surface area contributed by atoms with E-state index in [1.165, 1.54) is 4.68 Å². The molecule has 146 valence electrons. The summed E-state index contributed by atoms with van der Waals surface area (Å²) in [5.74, 6) is 0. The van der Waals surface area contributed by atoms with Crippen molar-refractivity contribution in [1.82, 2.24) is 25.4 Å². The summed E-state index contributed by atoms with van der Waals surface area (Å²) in [5, 5.41) is 13.4. The molecule has 2 amide bonds. The van der Waals surface area contributed by atoms with Crippen LogP contribution in [0.25, 0.3) is 10.8 Å². The van der Waals surface area contributed by atoms with Crippen LogP contribution in [0.4, 0.5) is 4.79 Å². The molecule has 0 saturated carbocycles. The third-order valence-electron chi connectivity index (χ3n) is 4.42. The van der Waals surface area contributed by atoms with Crippen LogP contribution in [0.1, 0.15) is 16.1 Å². The van der Waals surface area contributed by atoms with Gasteiger partial charge in [-0.1, -0.05) is 30.3 Å². The number of thiophene rings is 1. The Bertz CT molecular complexity index is 1170. The number of hydrogen-bond donors (Lipinski definition) is 2. The molecule has 4 rings (SSSR count). The molecule has 3 aromatic heterocycles. The normalized spacial score (nSPS) is 10.8. The summed E-state index contributed by atoms with van der Waals surface area (Å²) < 4.78 is 1.42. The number of hydrogen-bond acceptors (Lipinski definition) is 5. The first-order chi connectivity index (χ1) is 14.2. The van der Waals surface area contributed by atoms with Gasteiger partial charge >= 0.3 is 6.03 Å². The van der Waals surface area contributed by atoms with Crippen LogP contribution in [0.3, 0.4) is 0 Å². The van der Waals surface area contributed by atoms with Crippen LogP contribution in [0.15, 0.2) is 71.1 Å². The van der Waals surface area contributed by atoms with Gasteiger partial charge in [0.1, 0.15) is 0 Å². The first kappa shape index (κ1) is 18.8. The molecule has 29 heavy (non-hydrogen) atoms. The molecule has 1 aromatic carbocycles. The first-order valence-electron chi connectivity index (χ1n) is 9.12. The molecule has 0 aliphatic rings. The second-order valence-electron chi connectivity index (χ2n) is 6.43. The van der Waals surface area contributed by atoms with E-state index in [1.807, 2.05) is 47.8 Å². The monoisotopic (exact) mass is 405 g/mol. The van der Waals surface area contributed by atoms with E-state index in [2.05, 4.69) is 20.7 Å². The van der Waals surface area contributed by atoms with E-state index in [-0.39, 0.29) is 18.1 Å². The lowest BCUT2D eigenvalue weighted by molar-refractivity contribution is 0.240. The van der Waals surface area contributed by atoms with Crippen LogP contribution >= 0.6 is 11.3 Å². The molecule has 4 aromatic rings. The van der Waals surface area contributed by atoms with Crippen molar-refractivity contribution in [2.45, 2.75) is 19.6 Å². The van der Waals surface area contributed by atoms with Gasteiger partial charge < -0.3 is 10.6 Å². The highest BCUT2D eigenvalue weighted by atomic mass is 32.1. The molecule has 0 fully saturated rings. The van der Waals surface area contributed by atoms with E-state index in [0.717, 1.165) is 15.8 Å². The third-order valence-corrected chi connectivity index (χ3v) is 5.30. The number of benzene rings is 1. The fourth-order valence-corrected chi connectivity index (χ4v) is 3.66. The van der Waals surface area contributed by atoms with Gasteiger partial charge in [0, 0.05) is 22.7 Å². The summed E-state index contributed by atoms with van der Waals surface area (Å²) in [6, 6.07) is 14.6. The fourth-order valence-electron chi connectivity index (χ4n) is 3.01. The number of nitrogens with zero attached hydrogens (tertiary/aromatic N) is 3. The molecule has 3 heterocycles. The van der Waals surface area contributed by atoms with Crippen LogP contribution in [0, 0.1) is 0 Å². The Morgan fingerprint density at radius 1 is 1.00 bits per heavy atom. The lowest BCUT2D eigenvalue weighted by atomic mass is 10.1. The smallest absolute Gasteiger partial charge is 0.315 e. The van der Waals surface area contributed by atoms with Crippen LogP contribution < -0.4 is 16.2 Å². The van der Waals surface area contributed by atoms with Gasteiger partial charge in [0.25, 0.3) is 5.56 Å². The van der Waals surface area contributed by atoms with Gasteiger partial charge in [-0.05, 0) is 29.1 Å². The minimum Gasteiger partial charge on any atom is -0.333 e. The predicted molar refractivity (Wildman–Crippen MR) is 113 cm³/mol. The van der Waals surface area contributed by atoms with Crippen LogP contribution in [-0.2, 0) is 19.6 Å². The Labute approximate surface area is 171 Å². The number of amides is 2. The summed E-state index contributed by atoms with van der Waals surface area (Å²) in [7, 11) is 0. The summed E-state index contributed by atoms with van der Waals surface area (Å²) in [4.78, 5) is 30.2. The molecule has 0 unspecified atom stereocenters. The van der Waals surface area contributed by atoms with E-state index in [1.54, 1.807) is 29.8 Å². The molecule has 2 N–H and O–H groups in total. The van der Waals surface area contributed by atoms with Crippen molar-refractivity contribution in [3.8, 4) is 0 Å². The van der Waals surface area contributed by atoms with Crippen LogP contribution in [-0.4, -0.2) is 20.8 Å². The van der Waals surface area contributed by atoms with E-state index in [9.17, 15) is 9.59 Å². The second-order valence-corrected chi connectivity index (χ2v) is 7.46. The lowest BCUT2D eigenvalue weighted by Gasteiger charge is -2.12. The van der Waals surface area contributed by atoms with Gasteiger partial charge in [0.2, 0.25) is 0 Å². The Morgan fingerprint density at radius 2 is 1.83 bits per heavy atom. The van der Waals surface area contributed by atoms with Gasteiger partial charge in [-0.15, -0.1) is 11.3 Å². The standard InChI is InChI=1S/C21H19N5O2S/c27-20-18-8-2-1-7-17(18)19(25-26(20)14-15-5-3-9-22-11-15)13-24-21(28)23-12-16-6-4-10-29-16/h1-11H,12-14H2,(H2,23,24,28). The number of carbonyl (C=O) groups excluding carboxylic acids is 1. The SMILES string of the molecule is O=C(NCc1cccs1)NCc1nn(Cc2cccnc2)c(=O)c2ccccc12. The number of urea groups is 1. The third kappa shape index (κ3) is 4.49. The maximum Gasteiger partial charge on any atom is 0.315 e. The zero-order valence-electron chi connectivity index (χ0n) is 15.5. The van der Waals surface area contributed by atoms with Crippen molar-refractivity contribution in [2.24, 2.45) is 0 Å². The van der Waals surface area contributed by atoms with Crippen molar-refractivity contribution in [3.63, 3.8) is 0 Å². The van der Waals surface area contributed by atoms with Crippen molar-refractivity contribution in [2.75, 3.05) is 0 Å². The van der Waals surface area contributed by atoms with Crippen LogP contribution in [0.5, 0.6) is 0 Å². The number of carbonyl (C=O) groups is 1. The van der Waals surface area contributed by atoms with Crippen molar-refractivity contribution >= 4 is 28.1 Å². The van der Waals surface area contributed by atoms with Gasteiger partial charge in [-0.3, -0.25) is 9.78 Å². The average Bonchev–Trinajstić information content (AvgIpc) is 3.28. The second kappa shape index (κ2) is 8.66. The highest BCUT2D eigenvalue weighted by molar-refractivity contribution is 7.09. The van der Waals surface area contributed by atoms with E-state index >= 15 is 0 Å². The minimum absolute atomic E-state index is 0.171. The summed E-state index contributed by atoms with van der Waals surface area (Å²) in [6.07, 6.45) is 3.39. The quantitative estimate of drug-likeness (QED) is 0.516. The van der Waals surface area contributed by atoms with Gasteiger partial charge in [-0.2, -0.15) is 5.10 Å². The zero-order valence-corrected chi connectivity index (χ0v) is 16.4. The number of fused-ring (bicyclic) bond motifs is 1. The average molecular weight is 405 g/mol. The molecule has 7 nitrogen and oxygen atoms in total. The fraction of sp³-hybridized carbons (Fsp3) is 0.143. The van der Waals surface area contributed by atoms with E-state index in [0.29, 0.717) is 24.2 Å². The van der Waals surface area contributed by atoms with Gasteiger partial charge in [-0.25, -0.2) is 9.48 Å². The molecule has 0 bridgehead atoms. The van der Waals surface area contributed by atoms with Gasteiger partial charge in [0.05, 0.1) is 30.7 Å². The maximum absolute atomic E-state index is 12.8. The number of pyridine rings is 1. The molecule has 0 radical (unpaired) electrons. The number of nitrogens with one attached hydrogen (secondary N) is 2. The van der Waals surface area contributed by atoms with Crippen molar-refractivity contribution in [3.05, 3.63) is 92.8 Å². The molecular weight excluding hydrogens is 386 g/mol. The highest BCUT2D eigenvalue weighted by Crippen LogP contribution is 2.14. The number of rotatable bonds is 6. The molecule has 0 atom stereocenters. The Hall–Kier alpha value is -3.52. The molecule has 8 heteroatoms. The number of aromatic nitrogens is 3. The van der Waals surface area contributed by atoms with Crippen molar-refractivity contribution < 1.29 is 4.79 Å². The molecule has 0 saturated heterocycles. The molecule has 0 spiro atoms. The minimum atomic E-state index is -0.283. The lowest BCUT2D eigenvalue weighted by Crippen LogP contribution is -2.35. The topological polar surface area (TPSA) is 88.9 Å². The van der Waals surface area contributed by atoms with Crippen LogP contribution in [0.2, 0.25) is 0 Å². The molecule has 0 aliphatic carbocycles. The summed E-state index contributed by atoms with van der Waals surface area (Å²) in [5.41, 5.74) is 1.34. The highest BCUT2D eigenvalue weighted by Gasteiger charge is 2.12. The predicted octanol–water partition coefficient (Wildman–Crippen LogP) is 2.90. The van der Waals surface area contributed by atoms with Crippen molar-refractivity contribution in [1.29, 1.82) is 0 Å². The first-order valence-corrected chi connectivity index (χ1v) is 10.0. The molecular formula is C21H19N5O2S. The largest absolute Gasteiger partial charge is 0.333 e. The maximum atomic E-state index is 12.8. The molecule has 0 aliphatic heterocycles. The van der Waals surface area contributed by atoms with E-state index < -0.39 is 0 Å². The zero-order chi connectivity index (χ0) is 20.1. The van der Waals surface area contributed by atoms with Gasteiger partial charge in [0.15, 0.2) is 0 Å². The summed E-state index contributed by atoms with van der Waals surface area (Å²) >= 11 is 1.59. The van der Waals surface area contributed by atoms with E-state index in [4.69, 9.17) is 0 Å². The Kier molecular flexibility index (Phi) is 5.62. The Balaban J connectivity index is 1.55. The summed E-state index contributed by atoms with van der Waals surface area (Å²) in [6.45, 7) is 0.997.